The molecule has 0 saturated carbocycles. The number of nitrogens with one attached hydrogen (secondary N) is 1. The standard InChI is InChI=1S/C30H30N2O5/c1-30(2,3)37-29(35)23-9-7-22(8-10-23)28(34)32-16-15-21-11-12-25(18-24(21)19-32)31-27(33)17-20-5-13-26(36-4)14-6-20/h5-16,18H,17,19H2,1-4H3,(H,31,33). The van der Waals surface area contributed by atoms with Crippen molar-refractivity contribution in [2.45, 2.75) is 39.3 Å². The number of rotatable bonds is 6. The Morgan fingerprint density at radius 2 is 1.59 bits per heavy atom. The van der Waals surface area contributed by atoms with E-state index < -0.39 is 11.6 Å². The molecular formula is C30H30N2O5. The number of nitrogens with zero attached hydrogens (tertiary/aromatic N) is 1. The van der Waals surface area contributed by atoms with Gasteiger partial charge in [-0.3, -0.25) is 9.59 Å². The molecule has 7 heteroatoms. The summed E-state index contributed by atoms with van der Waals surface area (Å²) in [5, 5.41) is 2.94. The first-order chi connectivity index (χ1) is 17.6. The van der Waals surface area contributed by atoms with Gasteiger partial charge in [0.1, 0.15) is 11.4 Å². The number of hydrogen-bond donors (Lipinski definition) is 1. The van der Waals surface area contributed by atoms with Gasteiger partial charge in [-0.15, -0.1) is 0 Å². The highest BCUT2D eigenvalue weighted by Gasteiger charge is 2.21. The van der Waals surface area contributed by atoms with Crippen molar-refractivity contribution >= 4 is 29.5 Å². The first-order valence-corrected chi connectivity index (χ1v) is 12.0. The molecule has 1 aliphatic rings. The third-order valence-corrected chi connectivity index (χ3v) is 5.75. The van der Waals surface area contributed by atoms with Gasteiger partial charge in [-0.1, -0.05) is 18.2 Å². The van der Waals surface area contributed by atoms with Crippen molar-refractivity contribution in [1.29, 1.82) is 0 Å². The van der Waals surface area contributed by atoms with Crippen LogP contribution >= 0.6 is 0 Å². The Labute approximate surface area is 216 Å². The summed E-state index contributed by atoms with van der Waals surface area (Å²) in [4.78, 5) is 39.5. The Morgan fingerprint density at radius 3 is 2.24 bits per heavy atom. The van der Waals surface area contributed by atoms with Crippen LogP contribution in [0.25, 0.3) is 6.08 Å². The van der Waals surface area contributed by atoms with E-state index in [0.717, 1.165) is 22.4 Å². The Kier molecular flexibility index (Phi) is 7.43. The average Bonchev–Trinajstić information content (AvgIpc) is 2.87. The number of carbonyl (C=O) groups is 3. The van der Waals surface area contributed by atoms with E-state index in [0.29, 0.717) is 23.4 Å². The van der Waals surface area contributed by atoms with Gasteiger partial charge in [0.25, 0.3) is 5.91 Å². The number of amides is 2. The Bertz CT molecular complexity index is 1340. The summed E-state index contributed by atoms with van der Waals surface area (Å²) in [6.45, 7) is 5.78. The molecule has 0 unspecified atom stereocenters. The number of methoxy groups -OCH3 is 1. The minimum Gasteiger partial charge on any atom is -0.497 e. The molecule has 7 nitrogen and oxygen atoms in total. The largest absolute Gasteiger partial charge is 0.497 e. The number of fused-ring (bicyclic) bond motifs is 1. The maximum absolute atomic E-state index is 13.1. The molecule has 0 fully saturated rings. The molecule has 0 aromatic heterocycles. The summed E-state index contributed by atoms with van der Waals surface area (Å²) in [6.07, 6.45) is 3.86. The smallest absolute Gasteiger partial charge is 0.338 e. The fourth-order valence-electron chi connectivity index (χ4n) is 3.91. The lowest BCUT2D eigenvalue weighted by Crippen LogP contribution is -2.27. The Morgan fingerprint density at radius 1 is 0.919 bits per heavy atom. The van der Waals surface area contributed by atoms with Crippen LogP contribution in [-0.4, -0.2) is 35.4 Å². The zero-order valence-corrected chi connectivity index (χ0v) is 21.4. The quantitative estimate of drug-likeness (QED) is 0.456. The van der Waals surface area contributed by atoms with E-state index in [1.807, 2.05) is 48.5 Å². The van der Waals surface area contributed by atoms with E-state index in [1.165, 1.54) is 0 Å². The molecular weight excluding hydrogens is 468 g/mol. The lowest BCUT2D eigenvalue weighted by Gasteiger charge is -2.24. The molecule has 0 bridgehead atoms. The molecule has 1 N–H and O–H groups in total. The molecule has 3 aromatic carbocycles. The van der Waals surface area contributed by atoms with Gasteiger partial charge in [-0.25, -0.2) is 4.79 Å². The van der Waals surface area contributed by atoms with Crippen LogP contribution < -0.4 is 10.1 Å². The van der Waals surface area contributed by atoms with Crippen LogP contribution in [0.2, 0.25) is 0 Å². The van der Waals surface area contributed by atoms with Crippen LogP contribution in [-0.2, 0) is 22.5 Å². The fourth-order valence-corrected chi connectivity index (χ4v) is 3.91. The van der Waals surface area contributed by atoms with E-state index in [-0.39, 0.29) is 18.2 Å². The van der Waals surface area contributed by atoms with Crippen molar-refractivity contribution in [2.24, 2.45) is 0 Å². The van der Waals surface area contributed by atoms with Gasteiger partial charge < -0.3 is 19.7 Å². The van der Waals surface area contributed by atoms with Gasteiger partial charge in [-0.2, -0.15) is 0 Å². The number of esters is 1. The number of hydrogen-bond acceptors (Lipinski definition) is 5. The highest BCUT2D eigenvalue weighted by atomic mass is 16.6. The highest BCUT2D eigenvalue weighted by molar-refractivity contribution is 5.97. The maximum atomic E-state index is 13.1. The highest BCUT2D eigenvalue weighted by Crippen LogP contribution is 2.25. The molecule has 0 radical (unpaired) electrons. The zero-order valence-electron chi connectivity index (χ0n) is 21.4. The minimum atomic E-state index is -0.592. The van der Waals surface area contributed by atoms with Gasteiger partial charge >= 0.3 is 5.97 Å². The van der Waals surface area contributed by atoms with Crippen LogP contribution in [0.1, 0.15) is 58.2 Å². The Hall–Kier alpha value is -4.39. The van der Waals surface area contributed by atoms with Crippen LogP contribution in [0.5, 0.6) is 5.75 Å². The SMILES string of the molecule is COc1ccc(CC(=O)Nc2ccc3c(c2)CN(C(=O)c2ccc(C(=O)OC(C)(C)C)cc2)C=C3)cc1. The van der Waals surface area contributed by atoms with Crippen LogP contribution in [0.15, 0.2) is 72.9 Å². The molecule has 4 rings (SSSR count). The predicted molar refractivity (Wildman–Crippen MR) is 142 cm³/mol. The lowest BCUT2D eigenvalue weighted by molar-refractivity contribution is -0.115. The van der Waals surface area contributed by atoms with Crippen molar-refractivity contribution in [3.63, 3.8) is 0 Å². The molecule has 1 aliphatic heterocycles. The molecule has 2 amide bonds. The van der Waals surface area contributed by atoms with Crippen molar-refractivity contribution in [3.8, 4) is 5.75 Å². The average molecular weight is 499 g/mol. The van der Waals surface area contributed by atoms with Gasteiger partial charge in [0.15, 0.2) is 0 Å². The molecule has 0 aliphatic carbocycles. The number of benzene rings is 3. The molecule has 37 heavy (non-hydrogen) atoms. The van der Waals surface area contributed by atoms with E-state index in [4.69, 9.17) is 9.47 Å². The molecule has 0 spiro atoms. The van der Waals surface area contributed by atoms with Gasteiger partial charge in [0.05, 0.1) is 25.6 Å². The van der Waals surface area contributed by atoms with Crippen molar-refractivity contribution in [1.82, 2.24) is 4.90 Å². The van der Waals surface area contributed by atoms with Crippen LogP contribution in [0.4, 0.5) is 5.69 Å². The van der Waals surface area contributed by atoms with Gasteiger partial charge in [0.2, 0.25) is 5.91 Å². The van der Waals surface area contributed by atoms with Gasteiger partial charge in [0, 0.05) is 17.5 Å². The minimum absolute atomic E-state index is 0.130. The summed E-state index contributed by atoms with van der Waals surface area (Å²) >= 11 is 0. The number of ether oxygens (including phenoxy) is 2. The van der Waals surface area contributed by atoms with E-state index in [1.54, 1.807) is 63.2 Å². The summed E-state index contributed by atoms with van der Waals surface area (Å²) in [7, 11) is 1.60. The molecule has 0 atom stereocenters. The van der Waals surface area contributed by atoms with Crippen molar-refractivity contribution in [3.05, 3.63) is 101 Å². The van der Waals surface area contributed by atoms with E-state index in [2.05, 4.69) is 5.32 Å². The monoisotopic (exact) mass is 498 g/mol. The summed E-state index contributed by atoms with van der Waals surface area (Å²) in [5.41, 5.74) is 3.72. The lowest BCUT2D eigenvalue weighted by atomic mass is 10.0. The topological polar surface area (TPSA) is 84.9 Å². The second-order valence-corrected chi connectivity index (χ2v) is 9.81. The normalized spacial score (nSPS) is 12.5. The molecule has 3 aromatic rings. The summed E-state index contributed by atoms with van der Waals surface area (Å²) in [6, 6.07) is 19.5. The third kappa shape index (κ3) is 6.64. The second kappa shape index (κ2) is 10.7. The second-order valence-electron chi connectivity index (χ2n) is 9.81. The Balaban J connectivity index is 1.40. The third-order valence-electron chi connectivity index (χ3n) is 5.75. The molecule has 1 heterocycles. The first-order valence-electron chi connectivity index (χ1n) is 12.0. The first kappa shape index (κ1) is 25.7. The molecule has 0 saturated heterocycles. The van der Waals surface area contributed by atoms with Crippen LogP contribution in [0, 0.1) is 0 Å². The maximum Gasteiger partial charge on any atom is 0.338 e. The summed E-state index contributed by atoms with van der Waals surface area (Å²) < 4.78 is 10.5. The predicted octanol–water partition coefficient (Wildman–Crippen LogP) is 5.46. The van der Waals surface area contributed by atoms with E-state index >= 15 is 0 Å². The van der Waals surface area contributed by atoms with Crippen LogP contribution in [0.3, 0.4) is 0 Å². The van der Waals surface area contributed by atoms with Crippen molar-refractivity contribution in [2.75, 3.05) is 12.4 Å². The zero-order chi connectivity index (χ0) is 26.6. The number of anilines is 1. The fraction of sp³-hybridized carbons (Fsp3) is 0.233. The van der Waals surface area contributed by atoms with Gasteiger partial charge in [-0.05, 0) is 92.1 Å². The van der Waals surface area contributed by atoms with E-state index in [9.17, 15) is 14.4 Å². The number of carbonyl (C=O) groups excluding carboxylic acids is 3. The molecule has 190 valence electrons. The van der Waals surface area contributed by atoms with Crippen molar-refractivity contribution < 1.29 is 23.9 Å². The summed E-state index contributed by atoms with van der Waals surface area (Å²) in [5.74, 6) is -0.00842.